The van der Waals surface area contributed by atoms with E-state index in [1.54, 1.807) is 11.1 Å². The number of pyridine rings is 1. The highest BCUT2D eigenvalue weighted by Crippen LogP contribution is 2.28. The van der Waals surface area contributed by atoms with Crippen LogP contribution >= 0.6 is 0 Å². The van der Waals surface area contributed by atoms with Gasteiger partial charge in [0, 0.05) is 26.2 Å². The number of amides is 1. The van der Waals surface area contributed by atoms with Gasteiger partial charge in [0.05, 0.1) is 6.04 Å². The second-order valence-corrected chi connectivity index (χ2v) is 5.11. The molecule has 6 nitrogen and oxygen atoms in total. The Balaban J connectivity index is 2.08. The van der Waals surface area contributed by atoms with Gasteiger partial charge < -0.3 is 10.6 Å². The fourth-order valence-electron chi connectivity index (χ4n) is 2.69. The van der Waals surface area contributed by atoms with Crippen LogP contribution in [-0.2, 0) is 4.79 Å². The largest absolute Gasteiger partial charge is 0.369 e. The van der Waals surface area contributed by atoms with Crippen LogP contribution in [0.15, 0.2) is 12.3 Å². The lowest BCUT2D eigenvalue weighted by Gasteiger charge is -2.30. The fourth-order valence-corrected chi connectivity index (χ4v) is 2.69. The Hall–Kier alpha value is -2.11. The maximum absolute atomic E-state index is 11.6. The Kier molecular flexibility index (Phi) is 2.66. The molecule has 1 unspecified atom stereocenters. The second kappa shape index (κ2) is 4.22. The number of aromatic nitrogens is 3. The summed E-state index contributed by atoms with van der Waals surface area (Å²) in [5.74, 6) is 0.660. The van der Waals surface area contributed by atoms with Gasteiger partial charge in [0.25, 0.3) is 0 Å². The summed E-state index contributed by atoms with van der Waals surface area (Å²) in [6, 6.07) is 2.08. The van der Waals surface area contributed by atoms with E-state index in [0.29, 0.717) is 18.9 Å². The third-order valence-corrected chi connectivity index (χ3v) is 3.77. The summed E-state index contributed by atoms with van der Waals surface area (Å²) in [6.45, 7) is 2.65. The summed E-state index contributed by atoms with van der Waals surface area (Å²) in [5, 5.41) is 0. The lowest BCUT2D eigenvalue weighted by atomic mass is 10.1. The van der Waals surface area contributed by atoms with Crippen molar-refractivity contribution in [3.05, 3.63) is 17.8 Å². The van der Waals surface area contributed by atoms with Crippen molar-refractivity contribution < 1.29 is 4.79 Å². The zero-order chi connectivity index (χ0) is 13.6. The van der Waals surface area contributed by atoms with Crippen molar-refractivity contribution in [3.8, 4) is 0 Å². The SMILES string of the molecule is Cc1ccnc2c1nc(N)n2C1CCC(=O)N(C)C1. The third-order valence-electron chi connectivity index (χ3n) is 3.77. The van der Waals surface area contributed by atoms with Gasteiger partial charge in [0.1, 0.15) is 5.52 Å². The van der Waals surface area contributed by atoms with Crippen molar-refractivity contribution in [3.63, 3.8) is 0 Å². The highest BCUT2D eigenvalue weighted by molar-refractivity contribution is 5.79. The molecule has 0 aliphatic carbocycles. The van der Waals surface area contributed by atoms with Crippen LogP contribution in [0.1, 0.15) is 24.4 Å². The molecule has 3 heterocycles. The fraction of sp³-hybridized carbons (Fsp3) is 0.462. The molecule has 1 atom stereocenters. The van der Waals surface area contributed by atoms with E-state index in [1.807, 2.05) is 24.6 Å². The number of nitrogens with two attached hydrogens (primary N) is 1. The minimum atomic E-state index is 0.155. The smallest absolute Gasteiger partial charge is 0.222 e. The number of carbonyl (C=O) groups is 1. The van der Waals surface area contributed by atoms with Crippen LogP contribution in [0.25, 0.3) is 11.2 Å². The molecule has 0 bridgehead atoms. The maximum Gasteiger partial charge on any atom is 0.222 e. The third kappa shape index (κ3) is 1.83. The normalized spacial score (nSPS) is 20.2. The van der Waals surface area contributed by atoms with Crippen LogP contribution in [0.2, 0.25) is 0 Å². The Morgan fingerprint density at radius 1 is 1.47 bits per heavy atom. The van der Waals surface area contributed by atoms with Gasteiger partial charge in [0.15, 0.2) is 5.65 Å². The Morgan fingerprint density at radius 3 is 3.00 bits per heavy atom. The van der Waals surface area contributed by atoms with E-state index in [1.165, 1.54) is 0 Å². The number of nitrogen functional groups attached to an aromatic ring is 1. The van der Waals surface area contributed by atoms with Gasteiger partial charge in [0.2, 0.25) is 11.9 Å². The number of likely N-dealkylation sites (N-methyl/N-ethyl adjacent to an activating group) is 1. The quantitative estimate of drug-likeness (QED) is 0.832. The monoisotopic (exact) mass is 259 g/mol. The molecule has 0 radical (unpaired) electrons. The molecule has 6 heteroatoms. The van der Waals surface area contributed by atoms with E-state index >= 15 is 0 Å². The number of carbonyl (C=O) groups excluding carboxylic acids is 1. The van der Waals surface area contributed by atoms with Crippen LogP contribution < -0.4 is 5.73 Å². The molecule has 2 aromatic heterocycles. The Bertz CT molecular complexity index is 648. The molecule has 0 saturated carbocycles. The summed E-state index contributed by atoms with van der Waals surface area (Å²) < 4.78 is 1.96. The molecule has 1 aliphatic rings. The number of likely N-dealkylation sites (tertiary alicyclic amines) is 1. The van der Waals surface area contributed by atoms with Crippen LogP contribution in [-0.4, -0.2) is 38.9 Å². The molecule has 3 rings (SSSR count). The molecule has 1 fully saturated rings. The highest BCUT2D eigenvalue weighted by Gasteiger charge is 2.27. The first-order valence-corrected chi connectivity index (χ1v) is 6.41. The minimum Gasteiger partial charge on any atom is -0.369 e. The van der Waals surface area contributed by atoms with Crippen LogP contribution in [0.5, 0.6) is 0 Å². The summed E-state index contributed by atoms with van der Waals surface area (Å²) >= 11 is 0. The predicted molar refractivity (Wildman–Crippen MR) is 72.6 cm³/mol. The predicted octanol–water partition coefficient (Wildman–Crippen LogP) is 1.12. The van der Waals surface area contributed by atoms with E-state index in [2.05, 4.69) is 9.97 Å². The maximum atomic E-state index is 11.6. The second-order valence-electron chi connectivity index (χ2n) is 5.11. The standard InChI is InChI=1S/C13H17N5O/c1-8-5-6-15-12-11(8)16-13(14)18(12)9-3-4-10(19)17(2)7-9/h5-6,9H,3-4,7H2,1-2H3,(H2,14,16). The van der Waals surface area contributed by atoms with E-state index in [0.717, 1.165) is 23.1 Å². The minimum absolute atomic E-state index is 0.155. The lowest BCUT2D eigenvalue weighted by molar-refractivity contribution is -0.132. The summed E-state index contributed by atoms with van der Waals surface area (Å²) in [6.07, 6.45) is 3.10. The van der Waals surface area contributed by atoms with Crippen molar-refractivity contribution >= 4 is 23.0 Å². The first kappa shape index (κ1) is 12.0. The summed E-state index contributed by atoms with van der Waals surface area (Å²) in [4.78, 5) is 22.1. The van der Waals surface area contributed by atoms with Crippen molar-refractivity contribution in [2.45, 2.75) is 25.8 Å². The van der Waals surface area contributed by atoms with Crippen molar-refractivity contribution in [1.29, 1.82) is 0 Å². The zero-order valence-electron chi connectivity index (χ0n) is 11.1. The molecule has 100 valence electrons. The van der Waals surface area contributed by atoms with Gasteiger partial charge in [-0.15, -0.1) is 0 Å². The van der Waals surface area contributed by atoms with Crippen molar-refractivity contribution in [2.75, 3.05) is 19.3 Å². The number of piperidine rings is 1. The average molecular weight is 259 g/mol. The molecular formula is C13H17N5O. The lowest BCUT2D eigenvalue weighted by Crippen LogP contribution is -2.38. The first-order valence-electron chi connectivity index (χ1n) is 6.41. The Labute approximate surface area is 111 Å². The summed E-state index contributed by atoms with van der Waals surface area (Å²) in [7, 11) is 1.82. The molecule has 2 N–H and O–H groups in total. The number of hydrogen-bond acceptors (Lipinski definition) is 4. The number of nitrogens with zero attached hydrogens (tertiary/aromatic N) is 4. The molecule has 0 spiro atoms. The van der Waals surface area contributed by atoms with Crippen molar-refractivity contribution in [2.24, 2.45) is 0 Å². The van der Waals surface area contributed by atoms with Crippen LogP contribution in [0, 0.1) is 6.92 Å². The van der Waals surface area contributed by atoms with Crippen molar-refractivity contribution in [1.82, 2.24) is 19.4 Å². The van der Waals surface area contributed by atoms with Crippen LogP contribution in [0.3, 0.4) is 0 Å². The molecule has 19 heavy (non-hydrogen) atoms. The molecule has 0 aromatic carbocycles. The molecular weight excluding hydrogens is 242 g/mol. The van der Waals surface area contributed by atoms with Gasteiger partial charge in [-0.3, -0.25) is 9.36 Å². The topological polar surface area (TPSA) is 77.0 Å². The first-order chi connectivity index (χ1) is 9.08. The van der Waals surface area contributed by atoms with E-state index < -0.39 is 0 Å². The number of imidazole rings is 1. The molecule has 1 saturated heterocycles. The van der Waals surface area contributed by atoms with Gasteiger partial charge >= 0.3 is 0 Å². The number of anilines is 1. The average Bonchev–Trinajstić information content (AvgIpc) is 2.71. The number of rotatable bonds is 1. The number of hydrogen-bond donors (Lipinski definition) is 1. The number of aryl methyl sites for hydroxylation is 1. The van der Waals surface area contributed by atoms with Gasteiger partial charge in [-0.25, -0.2) is 9.97 Å². The molecule has 1 amide bonds. The van der Waals surface area contributed by atoms with Crippen LogP contribution in [0.4, 0.5) is 5.95 Å². The van der Waals surface area contributed by atoms with Gasteiger partial charge in [-0.2, -0.15) is 0 Å². The molecule has 2 aromatic rings. The van der Waals surface area contributed by atoms with Gasteiger partial charge in [-0.05, 0) is 25.0 Å². The van der Waals surface area contributed by atoms with Gasteiger partial charge in [-0.1, -0.05) is 0 Å². The molecule has 1 aliphatic heterocycles. The zero-order valence-corrected chi connectivity index (χ0v) is 11.1. The summed E-state index contributed by atoms with van der Waals surface area (Å²) in [5.41, 5.74) is 8.76. The van der Waals surface area contributed by atoms with E-state index in [4.69, 9.17) is 5.73 Å². The number of fused-ring (bicyclic) bond motifs is 1. The highest BCUT2D eigenvalue weighted by atomic mass is 16.2. The van der Waals surface area contributed by atoms with E-state index in [9.17, 15) is 4.79 Å². The Morgan fingerprint density at radius 2 is 2.26 bits per heavy atom. The van der Waals surface area contributed by atoms with E-state index in [-0.39, 0.29) is 11.9 Å².